The Kier molecular flexibility index (Phi) is 47.6. The van der Waals surface area contributed by atoms with Gasteiger partial charge in [-0.3, -0.25) is 0 Å². The average molecular weight is 1970 g/mol. The van der Waals surface area contributed by atoms with Gasteiger partial charge in [-0.05, 0) is 355 Å². The van der Waals surface area contributed by atoms with E-state index in [2.05, 4.69) is 487 Å². The fourth-order valence-electron chi connectivity index (χ4n) is 20.8. The first-order chi connectivity index (χ1) is 69.7. The summed E-state index contributed by atoms with van der Waals surface area (Å²) in [6.07, 6.45) is 1.93. The fraction of sp³-hybridized carbons (Fsp3) is 0.545. The first-order valence-electron chi connectivity index (χ1n) is 60.0. The lowest BCUT2D eigenvalue weighted by Crippen LogP contribution is -2.24. The van der Waals surface area contributed by atoms with E-state index in [4.69, 9.17) is 11.0 Å². The van der Waals surface area contributed by atoms with Crippen LogP contribution in [0, 0.1) is 58.2 Å². The first-order valence-corrected chi connectivity index (χ1v) is 56.0. The van der Waals surface area contributed by atoms with Crippen LogP contribution in [0.2, 0.25) is 0 Å². The van der Waals surface area contributed by atoms with Gasteiger partial charge in [0.15, 0.2) is 0 Å². The molecule has 11 rings (SSSR count). The third kappa shape index (κ3) is 42.1. The van der Waals surface area contributed by atoms with Gasteiger partial charge in [0.1, 0.15) is 0 Å². The molecular formula is C145H220. The number of aryl methyl sites for hydroxylation is 7. The van der Waals surface area contributed by atoms with E-state index in [9.17, 15) is 0 Å². The SMILES string of the molecule is CC(C)Cc1cc(CC(C)C)cc(C(C)C)c1.CC(C)Cc1cccc(CC(C)C)c1C(C)C.CC(C)c1c(-c2ccccc2)cccc1-c1ccccc1.CC(C)c1c(C(C)(C)C)cc(C(C)(C)C)cc1C(C)(C)C.CC(C)c1c(C(C)(C)C)cccc1C(C)(C)C.Cc1cccc(C)c1C(C)C.[2H]C(C)(C)c1cccc(C(C)(C)C)c1C(C)C.[2H]C([2H])(C)c1cccc(C([2H])([2H])C)c1C(C)C.[2H]C([2H])([2H])c1cc(C)c(C(C)C)c(C)c1. The topological polar surface area (TPSA) is 0 Å². The maximum absolute atomic E-state index is 8.31. The summed E-state index contributed by atoms with van der Waals surface area (Å²) < 4.78 is 61.9. The van der Waals surface area contributed by atoms with Crippen LogP contribution in [-0.2, 0) is 70.9 Å². The Morgan fingerprint density at radius 3 is 0.807 bits per heavy atom. The van der Waals surface area contributed by atoms with E-state index in [1.807, 2.05) is 41.5 Å². The lowest BCUT2D eigenvalue weighted by atomic mass is 9.70. The van der Waals surface area contributed by atoms with Gasteiger partial charge in [-0.1, -0.05) is 550 Å². The Balaban J connectivity index is 0.000000443. The summed E-state index contributed by atoms with van der Waals surface area (Å²) in [5.41, 5.74) is 41.8. The Labute approximate surface area is 910 Å². The van der Waals surface area contributed by atoms with Crippen LogP contribution in [0.15, 0.2) is 212 Å². The number of hydrogen-bond donors (Lipinski definition) is 0. The quantitative estimate of drug-likeness (QED) is 0.0634. The zero-order valence-corrected chi connectivity index (χ0v) is 103. The molecule has 0 aliphatic carbocycles. The monoisotopic (exact) mass is 1970 g/mol. The molecule has 0 saturated carbocycles. The molecule has 0 atom stereocenters. The Morgan fingerprint density at radius 2 is 0.524 bits per heavy atom. The summed E-state index contributed by atoms with van der Waals surface area (Å²) in [7, 11) is 0. The first kappa shape index (κ1) is 117. The van der Waals surface area contributed by atoms with E-state index < -0.39 is 25.5 Å². The minimum Gasteiger partial charge on any atom is -0.0625 e. The van der Waals surface area contributed by atoms with Gasteiger partial charge < -0.3 is 0 Å². The second-order valence-electron chi connectivity index (χ2n) is 52.5. The molecule has 145 heavy (non-hydrogen) atoms. The van der Waals surface area contributed by atoms with E-state index in [0.29, 0.717) is 64.0 Å². The highest BCUT2D eigenvalue weighted by atomic mass is 14.4. The molecule has 0 spiro atoms. The molecule has 0 aromatic heterocycles. The van der Waals surface area contributed by atoms with Crippen LogP contribution in [0.4, 0.5) is 0 Å². The van der Waals surface area contributed by atoms with E-state index >= 15 is 0 Å². The van der Waals surface area contributed by atoms with Crippen molar-refractivity contribution in [1.82, 2.24) is 0 Å². The van der Waals surface area contributed by atoms with Crippen LogP contribution in [0.3, 0.4) is 0 Å². The van der Waals surface area contributed by atoms with Crippen molar-refractivity contribution in [2.24, 2.45) is 23.7 Å². The average Bonchev–Trinajstić information content (AvgIpc) is 0.758. The summed E-state index contributed by atoms with van der Waals surface area (Å²) >= 11 is 0. The van der Waals surface area contributed by atoms with Crippen molar-refractivity contribution in [2.45, 2.75) is 497 Å². The summed E-state index contributed by atoms with van der Waals surface area (Å²) in [6, 6.07) is 75.5. The summed E-state index contributed by atoms with van der Waals surface area (Å²) in [5, 5.41) is 0. The predicted molar refractivity (Wildman–Crippen MR) is 659 cm³/mol. The maximum Gasteiger partial charge on any atom is 0.0347 e. The van der Waals surface area contributed by atoms with Gasteiger partial charge in [0, 0.05) is 11.0 Å². The molecule has 800 valence electrons. The van der Waals surface area contributed by atoms with Crippen molar-refractivity contribution in [1.29, 1.82) is 0 Å². The van der Waals surface area contributed by atoms with Gasteiger partial charge in [0.25, 0.3) is 0 Å². The van der Waals surface area contributed by atoms with Crippen LogP contribution in [0.1, 0.15) is 553 Å². The van der Waals surface area contributed by atoms with Crippen LogP contribution >= 0.6 is 0 Å². The molecule has 0 saturated heterocycles. The van der Waals surface area contributed by atoms with Crippen molar-refractivity contribution < 1.29 is 11.0 Å². The largest absolute Gasteiger partial charge is 0.0625 e. The van der Waals surface area contributed by atoms with Gasteiger partial charge in [-0.2, -0.15) is 0 Å². The standard InChI is InChI=1S/C21H20.C21H36.3C17H28.C16H26.C13H20.C12H18.C11H16/c1-16(2)21-19(17-10-5-3-6-11-17)14-9-15-20(21)18-12-7-4-8-13-18;1-14(2)18-16(20(6,7)8)12-15(19(3,4)5)13-17(18)21(9,10)11;1-12(2)7-15-9-16(8-13(3)4)11-17(10-15)14(5)6;1-12(2)15-13(16(3,4)5)10-9-11-14(15)17(6,7)8;1-12(2)10-15-8-7-9-16(11-13(3)4)17(15)14(5)6;1-11(2)13-9-8-10-14(16(5,6)7)15(13)12(3)4;1-5-11-8-7-9-12(6-2)13(11)10(3)4;1-8(2)12-10(4)6-9(3)7-11(12)5;1-8(2)11-9(3)6-5-7-10(11)4/h3-16H,1-2H3;12-14H,1-11H3;9-14H,7-8H2,1-6H3;9-12H,1-8H3;7-9,12-14H,10-11H2,1-6H3;8-12H,1-7H3;7-10H,5-6H2,1-4H3;6-8H,1-5H3;5-8H,1-4H3/i;;;;;11D;5D2,6D2;3D3;. The highest BCUT2D eigenvalue weighted by Gasteiger charge is 2.32. The van der Waals surface area contributed by atoms with Gasteiger partial charge in [-0.15, -0.1) is 0 Å². The summed E-state index contributed by atoms with van der Waals surface area (Å²) in [6.45, 7) is 113. The minimum atomic E-state index is -2.00. The molecule has 0 aliphatic rings. The smallest absolute Gasteiger partial charge is 0.0347 e. The Hall–Kier alpha value is -8.58. The third-order valence-electron chi connectivity index (χ3n) is 27.1. The number of rotatable bonds is 22. The minimum absolute atomic E-state index is 0.103. The van der Waals surface area contributed by atoms with E-state index in [0.717, 1.165) is 40.4 Å². The summed E-state index contributed by atoms with van der Waals surface area (Å²) in [5.74, 6) is 6.98. The second kappa shape index (κ2) is 59.1. The molecule has 0 radical (unpaired) electrons. The highest BCUT2D eigenvalue weighted by molar-refractivity contribution is 5.79. The van der Waals surface area contributed by atoms with Gasteiger partial charge in [0.2, 0.25) is 0 Å². The second-order valence-corrected chi connectivity index (χ2v) is 52.5. The molecule has 0 aliphatic heterocycles. The van der Waals surface area contributed by atoms with E-state index in [-0.39, 0.29) is 38.4 Å². The van der Waals surface area contributed by atoms with Crippen molar-refractivity contribution in [2.75, 3.05) is 0 Å². The maximum atomic E-state index is 8.31. The van der Waals surface area contributed by atoms with E-state index in [1.165, 1.54) is 151 Å². The van der Waals surface area contributed by atoms with Crippen LogP contribution in [-0.4, -0.2) is 0 Å². The van der Waals surface area contributed by atoms with Crippen molar-refractivity contribution >= 4 is 0 Å². The van der Waals surface area contributed by atoms with Crippen molar-refractivity contribution in [3.63, 3.8) is 0 Å². The van der Waals surface area contributed by atoms with E-state index in [1.54, 1.807) is 58.1 Å². The van der Waals surface area contributed by atoms with Gasteiger partial charge in [0.05, 0.1) is 0 Å². The third-order valence-corrected chi connectivity index (χ3v) is 27.1. The normalized spacial score (nSPS) is 13.1. The molecule has 11 aromatic carbocycles. The molecule has 0 unspecified atom stereocenters. The van der Waals surface area contributed by atoms with Crippen LogP contribution in [0.5, 0.6) is 0 Å². The van der Waals surface area contributed by atoms with Gasteiger partial charge >= 0.3 is 0 Å². The molecule has 0 bridgehead atoms. The predicted octanol–water partition coefficient (Wildman–Crippen LogP) is 45.0. The zero-order valence-electron chi connectivity index (χ0n) is 111. The van der Waals surface area contributed by atoms with Gasteiger partial charge in [-0.25, -0.2) is 0 Å². The van der Waals surface area contributed by atoms with Crippen molar-refractivity contribution in [3.05, 3.63) is 363 Å². The number of hydrogen-bond acceptors (Lipinski definition) is 0. The number of benzene rings is 11. The molecule has 0 amide bonds. The summed E-state index contributed by atoms with van der Waals surface area (Å²) in [4.78, 5) is 0. The molecular weight excluding hydrogens is 1740 g/mol. The molecule has 0 N–H and O–H groups in total. The Bertz CT molecular complexity index is 5520. The molecule has 0 heterocycles. The lowest BCUT2D eigenvalue weighted by molar-refractivity contribution is 0.531. The van der Waals surface area contributed by atoms with Crippen molar-refractivity contribution in [3.8, 4) is 22.3 Å². The molecule has 0 heteroatoms. The fourth-order valence-corrected chi connectivity index (χ4v) is 20.8. The lowest BCUT2D eigenvalue weighted by Gasteiger charge is -2.35. The Morgan fingerprint density at radius 1 is 0.241 bits per heavy atom. The van der Waals surface area contributed by atoms with Crippen LogP contribution in [0.25, 0.3) is 22.3 Å². The molecule has 0 fully saturated rings. The van der Waals surface area contributed by atoms with Crippen LogP contribution < -0.4 is 0 Å². The zero-order chi connectivity index (χ0) is 118. The highest BCUT2D eigenvalue weighted by Crippen LogP contribution is 2.45. The molecule has 11 aromatic rings. The molecule has 0 nitrogen and oxygen atoms in total.